The fourth-order valence-corrected chi connectivity index (χ4v) is 2.47. The molecule has 0 amide bonds. The molecule has 0 aromatic carbocycles. The Balaban J connectivity index is 2.52. The Hall–Kier alpha value is -0.570. The number of aliphatic hydroxyl groups excluding tert-OH is 1. The summed E-state index contributed by atoms with van der Waals surface area (Å²) in [5, 5.41) is 9.77. The van der Waals surface area contributed by atoms with Crippen LogP contribution in [0.1, 0.15) is 39.5 Å². The Morgan fingerprint density at radius 3 is 2.47 bits per heavy atom. The van der Waals surface area contributed by atoms with Gasteiger partial charge in [0, 0.05) is 0 Å². The zero-order chi connectivity index (χ0) is 11.4. The normalized spacial score (nSPS) is 28.9. The molecule has 3 nitrogen and oxygen atoms in total. The van der Waals surface area contributed by atoms with Crippen molar-refractivity contribution in [3.8, 4) is 0 Å². The molecular weight excluding hydrogens is 192 g/mol. The lowest BCUT2D eigenvalue weighted by atomic mass is 9.74. The minimum Gasteiger partial charge on any atom is -0.467 e. The Labute approximate surface area is 91.8 Å². The van der Waals surface area contributed by atoms with Crippen LogP contribution in [-0.2, 0) is 9.53 Å². The van der Waals surface area contributed by atoms with Crippen molar-refractivity contribution in [2.75, 3.05) is 7.11 Å². The van der Waals surface area contributed by atoms with Gasteiger partial charge in [-0.05, 0) is 30.6 Å². The number of hydrogen-bond donors (Lipinski definition) is 1. The van der Waals surface area contributed by atoms with Crippen molar-refractivity contribution < 1.29 is 14.6 Å². The molecule has 0 aromatic heterocycles. The summed E-state index contributed by atoms with van der Waals surface area (Å²) < 4.78 is 4.57. The number of esters is 1. The average Bonchev–Trinajstić information content (AvgIpc) is 2.27. The lowest BCUT2D eigenvalue weighted by molar-refractivity contribution is -0.154. The number of aliphatic hydroxyl groups is 1. The first-order chi connectivity index (χ1) is 7.06. The molecule has 0 radical (unpaired) electrons. The van der Waals surface area contributed by atoms with E-state index in [2.05, 4.69) is 18.6 Å². The number of ether oxygens (including phenoxy) is 1. The molecule has 1 rings (SSSR count). The molecule has 0 aromatic rings. The third-order valence-electron chi connectivity index (χ3n) is 3.59. The third kappa shape index (κ3) is 3.20. The monoisotopic (exact) mass is 214 g/mol. The van der Waals surface area contributed by atoms with Gasteiger partial charge in [-0.25, -0.2) is 4.79 Å². The van der Waals surface area contributed by atoms with Gasteiger partial charge in [-0.15, -0.1) is 0 Å². The summed E-state index contributed by atoms with van der Waals surface area (Å²) in [4.78, 5) is 11.2. The van der Waals surface area contributed by atoms with Crippen molar-refractivity contribution in [1.82, 2.24) is 0 Å². The third-order valence-corrected chi connectivity index (χ3v) is 3.59. The second-order valence-electron chi connectivity index (χ2n) is 4.90. The smallest absolute Gasteiger partial charge is 0.334 e. The molecule has 1 aliphatic rings. The molecule has 3 unspecified atom stereocenters. The molecule has 1 saturated carbocycles. The number of hydrogen-bond acceptors (Lipinski definition) is 3. The fraction of sp³-hybridized carbons (Fsp3) is 0.917. The van der Waals surface area contributed by atoms with Gasteiger partial charge in [0.1, 0.15) is 0 Å². The molecule has 3 atom stereocenters. The maximum atomic E-state index is 11.2. The number of carbonyl (C=O) groups excluding carboxylic acids is 1. The van der Waals surface area contributed by atoms with Gasteiger partial charge in [0.25, 0.3) is 0 Å². The van der Waals surface area contributed by atoms with Crippen LogP contribution in [0, 0.1) is 17.8 Å². The zero-order valence-electron chi connectivity index (χ0n) is 9.90. The van der Waals surface area contributed by atoms with E-state index in [-0.39, 0.29) is 5.92 Å². The zero-order valence-corrected chi connectivity index (χ0v) is 9.90. The molecular formula is C12H22O3. The first kappa shape index (κ1) is 12.5. The quantitative estimate of drug-likeness (QED) is 0.731. The van der Waals surface area contributed by atoms with Gasteiger partial charge in [0.05, 0.1) is 7.11 Å². The van der Waals surface area contributed by atoms with Gasteiger partial charge >= 0.3 is 5.97 Å². The molecule has 0 saturated heterocycles. The van der Waals surface area contributed by atoms with E-state index in [0.717, 1.165) is 19.3 Å². The first-order valence-electron chi connectivity index (χ1n) is 5.82. The summed E-state index contributed by atoms with van der Waals surface area (Å²) in [6.45, 7) is 4.41. The summed E-state index contributed by atoms with van der Waals surface area (Å²) in [7, 11) is 1.33. The van der Waals surface area contributed by atoms with Crippen molar-refractivity contribution in [3.63, 3.8) is 0 Å². The van der Waals surface area contributed by atoms with Crippen LogP contribution in [0.3, 0.4) is 0 Å². The van der Waals surface area contributed by atoms with Crippen LogP contribution in [0.25, 0.3) is 0 Å². The predicted molar refractivity (Wildman–Crippen MR) is 58.3 cm³/mol. The minimum absolute atomic E-state index is 0.0959. The Morgan fingerprint density at radius 2 is 1.93 bits per heavy atom. The van der Waals surface area contributed by atoms with Crippen molar-refractivity contribution in [2.24, 2.45) is 17.8 Å². The van der Waals surface area contributed by atoms with Gasteiger partial charge in [0.2, 0.25) is 0 Å². The van der Waals surface area contributed by atoms with Gasteiger partial charge in [-0.3, -0.25) is 0 Å². The molecule has 0 bridgehead atoms. The Kier molecular flexibility index (Phi) is 4.58. The van der Waals surface area contributed by atoms with Crippen LogP contribution in [-0.4, -0.2) is 24.3 Å². The highest BCUT2D eigenvalue weighted by molar-refractivity contribution is 5.74. The molecule has 88 valence electrons. The van der Waals surface area contributed by atoms with Crippen LogP contribution in [0.5, 0.6) is 0 Å². The highest BCUT2D eigenvalue weighted by Crippen LogP contribution is 2.35. The lowest BCUT2D eigenvalue weighted by Crippen LogP contribution is -2.34. The lowest BCUT2D eigenvalue weighted by Gasteiger charge is -2.33. The molecule has 1 N–H and O–H groups in total. The summed E-state index contributed by atoms with van der Waals surface area (Å²) in [6.07, 6.45) is 3.31. The fourth-order valence-electron chi connectivity index (χ4n) is 2.47. The van der Waals surface area contributed by atoms with E-state index in [0.29, 0.717) is 11.8 Å². The van der Waals surface area contributed by atoms with Gasteiger partial charge in [0.15, 0.2) is 6.10 Å². The van der Waals surface area contributed by atoms with E-state index in [1.54, 1.807) is 0 Å². The largest absolute Gasteiger partial charge is 0.467 e. The molecule has 0 aliphatic heterocycles. The van der Waals surface area contributed by atoms with E-state index in [4.69, 9.17) is 0 Å². The molecule has 15 heavy (non-hydrogen) atoms. The Bertz CT molecular complexity index is 213. The summed E-state index contributed by atoms with van der Waals surface area (Å²) >= 11 is 0. The molecule has 0 heterocycles. The highest BCUT2D eigenvalue weighted by atomic mass is 16.5. The predicted octanol–water partition coefficient (Wildman–Crippen LogP) is 1.98. The van der Waals surface area contributed by atoms with Crippen molar-refractivity contribution in [3.05, 3.63) is 0 Å². The van der Waals surface area contributed by atoms with Crippen LogP contribution >= 0.6 is 0 Å². The van der Waals surface area contributed by atoms with Crippen LogP contribution in [0.4, 0.5) is 0 Å². The number of carbonyl (C=O) groups is 1. The number of rotatable bonds is 3. The molecule has 3 heteroatoms. The summed E-state index contributed by atoms with van der Waals surface area (Å²) in [6, 6.07) is 0. The highest BCUT2D eigenvalue weighted by Gasteiger charge is 2.32. The van der Waals surface area contributed by atoms with Crippen molar-refractivity contribution in [2.45, 2.75) is 45.6 Å². The SMILES string of the molecule is COC(=O)C(O)C1CCCC(C(C)C)C1. The van der Waals surface area contributed by atoms with Gasteiger partial charge < -0.3 is 9.84 Å². The minimum atomic E-state index is -0.920. The van der Waals surface area contributed by atoms with E-state index < -0.39 is 12.1 Å². The molecule has 1 aliphatic carbocycles. The second-order valence-corrected chi connectivity index (χ2v) is 4.90. The van der Waals surface area contributed by atoms with Crippen LogP contribution in [0.15, 0.2) is 0 Å². The maximum Gasteiger partial charge on any atom is 0.334 e. The van der Waals surface area contributed by atoms with E-state index in [9.17, 15) is 9.90 Å². The molecule has 1 fully saturated rings. The van der Waals surface area contributed by atoms with Crippen molar-refractivity contribution in [1.29, 1.82) is 0 Å². The summed E-state index contributed by atoms with van der Waals surface area (Å²) in [5.41, 5.74) is 0. The average molecular weight is 214 g/mol. The standard InChI is InChI=1S/C12H22O3/c1-8(2)9-5-4-6-10(7-9)11(13)12(14)15-3/h8-11,13H,4-7H2,1-3H3. The number of methoxy groups -OCH3 is 1. The van der Waals surface area contributed by atoms with E-state index in [1.165, 1.54) is 13.5 Å². The summed E-state index contributed by atoms with van der Waals surface area (Å²) in [5.74, 6) is 0.892. The second kappa shape index (κ2) is 5.50. The topological polar surface area (TPSA) is 46.5 Å². The van der Waals surface area contributed by atoms with Crippen LogP contribution in [0.2, 0.25) is 0 Å². The Morgan fingerprint density at radius 1 is 1.33 bits per heavy atom. The van der Waals surface area contributed by atoms with Gasteiger partial charge in [-0.2, -0.15) is 0 Å². The van der Waals surface area contributed by atoms with Crippen LogP contribution < -0.4 is 0 Å². The van der Waals surface area contributed by atoms with E-state index in [1.807, 2.05) is 0 Å². The molecule has 0 spiro atoms. The van der Waals surface area contributed by atoms with E-state index >= 15 is 0 Å². The first-order valence-corrected chi connectivity index (χ1v) is 5.82. The van der Waals surface area contributed by atoms with Gasteiger partial charge in [-0.1, -0.05) is 26.7 Å². The maximum absolute atomic E-state index is 11.2. The van der Waals surface area contributed by atoms with Crippen molar-refractivity contribution >= 4 is 5.97 Å².